The van der Waals surface area contributed by atoms with Crippen molar-refractivity contribution in [2.24, 2.45) is 76.2 Å². The summed E-state index contributed by atoms with van der Waals surface area (Å²) in [6, 6.07) is -18.2. The molecule has 44 nitrogen and oxygen atoms in total. The molecule has 1 heterocycles. The molecule has 45 heteroatoms. The lowest BCUT2D eigenvalue weighted by Gasteiger charge is -2.30. The lowest BCUT2D eigenvalue weighted by atomic mass is 9.95. The Labute approximate surface area is 799 Å². The topological polar surface area (TPSA) is 685 Å². The number of nitrogens with two attached hydrogens (primary N) is 4. The molecule has 1 aliphatic heterocycles. The van der Waals surface area contributed by atoms with Gasteiger partial charge in [0.2, 0.25) is 118 Å². The molecular weight excluding hydrogens is 1770 g/mol. The molecule has 1 fully saturated rings. The third-order valence-corrected chi connectivity index (χ3v) is 23.7. The lowest BCUT2D eigenvalue weighted by Crippen LogP contribution is -2.59. The summed E-state index contributed by atoms with van der Waals surface area (Å²) in [5.41, 5.74) is 23.3. The normalized spacial score (nSPS) is 16.3. The Hall–Kier alpha value is -10.4. The first-order valence-corrected chi connectivity index (χ1v) is 48.9. The highest BCUT2D eigenvalue weighted by Crippen LogP contribution is 2.21. The molecule has 0 radical (unpaired) electrons. The summed E-state index contributed by atoms with van der Waals surface area (Å²) < 4.78 is 0. The van der Waals surface area contributed by atoms with Crippen LogP contribution in [0.4, 0.5) is 0 Å². The number of aliphatic hydroxyl groups excluding tert-OH is 1. The largest absolute Gasteiger partial charge is 0.394 e. The Morgan fingerprint density at radius 2 is 0.704 bits per heavy atom. The number of thioether (sulfide) groups is 1. The van der Waals surface area contributed by atoms with E-state index in [1.807, 2.05) is 27.7 Å². The van der Waals surface area contributed by atoms with Crippen LogP contribution in [0.5, 0.6) is 0 Å². The van der Waals surface area contributed by atoms with E-state index in [2.05, 4.69) is 95.7 Å². The Bertz CT molecular complexity index is 3880. The van der Waals surface area contributed by atoms with Gasteiger partial charge in [0.15, 0.2) is 0 Å². The van der Waals surface area contributed by atoms with Crippen LogP contribution in [0.1, 0.15) is 234 Å². The molecule has 0 spiro atoms. The molecule has 135 heavy (non-hydrogen) atoms. The number of unbranched alkanes of at least 4 members (excludes halogenated alkanes) is 2. The third-order valence-electron chi connectivity index (χ3n) is 23.1. The summed E-state index contributed by atoms with van der Waals surface area (Å²) in [5, 5.41) is 56.6. The number of hydrogen-bond acceptors (Lipinski definition) is 25. The van der Waals surface area contributed by atoms with Gasteiger partial charge in [-0.05, 0) is 169 Å². The summed E-state index contributed by atoms with van der Waals surface area (Å²) in [7, 11) is 0. The number of primary amides is 1. The molecule has 20 amide bonds. The number of carbonyl (C=O) groups excluding carboxylic acids is 20. The second kappa shape index (κ2) is 64.6. The number of aliphatic hydroxyl groups is 1. The maximum Gasteiger partial charge on any atom is 0.245 e. The minimum absolute atomic E-state index is 0.0177. The van der Waals surface area contributed by atoms with Crippen LogP contribution in [0.2, 0.25) is 0 Å². The van der Waals surface area contributed by atoms with Gasteiger partial charge in [-0.1, -0.05) is 144 Å². The second-order valence-electron chi connectivity index (χ2n) is 37.4. The number of hydrogen-bond donors (Lipinski definition) is 23. The molecule has 1 saturated heterocycles. The van der Waals surface area contributed by atoms with Crippen molar-refractivity contribution in [2.75, 3.05) is 71.0 Å². The summed E-state index contributed by atoms with van der Waals surface area (Å²) in [6.45, 7) is 29.4. The van der Waals surface area contributed by atoms with E-state index >= 15 is 0 Å². The van der Waals surface area contributed by atoms with Crippen LogP contribution in [0.15, 0.2) is 0 Å². The van der Waals surface area contributed by atoms with Crippen LogP contribution in [-0.4, -0.2) is 290 Å². The van der Waals surface area contributed by atoms with E-state index in [0.29, 0.717) is 63.7 Å². The zero-order valence-electron chi connectivity index (χ0n) is 83.0. The molecule has 0 aromatic heterocycles. The standard InChI is InChI=1S/C90H163N23O21S/c1-21-53(16)71(93)87(131)112-75(55(18)23-3)89(133)99-45-70(119)113-35-28-31-65(113)86(130)110-73(52(14)15)90(134)108-61(38-48(6)7)79(123)97-43-68(117)101-59(32-36-135-20)82(126)109-72(51(12)13)88(132)98-44-69(118)103-64(46-114)85(129)100-56(19)77(121)106-60(37-47(4)5)78(122)96-41-66(115)95-42-67(116)102-62(39-49(8)9)83(127)107-63(40-50(10)11)84(128)105-57(29-24-26-33-91)80(124)104-58(30-25-27-34-92)81(125)111-74(76(94)120)54(17)22-2/h47-65,71-75,114H,21-46,91-93H2,1-20H3,(H2,94,120)(H,95,115)(H,96,122)(H,97,123)(H,98,132)(H,99,133)(H,100,129)(H,101,117)(H,102,116)(H,103,118)(H,104,124)(H,105,128)(H,106,121)(H,107,127)(H,108,134)(H,109,126)(H,110,130)(H,111,125)(H,112,131)/t53-,54-,55-,56-,57-,58-,59-,60-,61-,62-,63-,64-,65-,71-,72-,73-,74-,75+/m0/s1. The molecule has 0 bridgehead atoms. The highest BCUT2D eigenvalue weighted by molar-refractivity contribution is 7.98. The second-order valence-corrected chi connectivity index (χ2v) is 38.3. The van der Waals surface area contributed by atoms with Crippen LogP contribution in [0.25, 0.3) is 0 Å². The smallest absolute Gasteiger partial charge is 0.245 e. The van der Waals surface area contributed by atoms with Crippen molar-refractivity contribution < 1.29 is 101 Å². The molecule has 0 aliphatic carbocycles. The van der Waals surface area contributed by atoms with E-state index < -0.39 is 260 Å². The fourth-order valence-corrected chi connectivity index (χ4v) is 14.8. The van der Waals surface area contributed by atoms with Gasteiger partial charge in [-0.15, -0.1) is 0 Å². The molecule has 18 atom stereocenters. The van der Waals surface area contributed by atoms with E-state index in [1.54, 1.807) is 103 Å². The van der Waals surface area contributed by atoms with E-state index in [-0.39, 0.29) is 106 Å². The van der Waals surface area contributed by atoms with Gasteiger partial charge in [0.1, 0.15) is 84.6 Å². The van der Waals surface area contributed by atoms with E-state index in [4.69, 9.17) is 22.9 Å². The molecule has 0 saturated carbocycles. The van der Waals surface area contributed by atoms with Crippen molar-refractivity contribution in [1.29, 1.82) is 0 Å². The van der Waals surface area contributed by atoms with Crippen molar-refractivity contribution in [3.63, 3.8) is 0 Å². The number of nitrogens with zero attached hydrogens (tertiary/aromatic N) is 1. The van der Waals surface area contributed by atoms with Crippen LogP contribution in [-0.2, 0) is 95.9 Å². The van der Waals surface area contributed by atoms with Crippen LogP contribution in [0.3, 0.4) is 0 Å². The Morgan fingerprint density at radius 3 is 1.15 bits per heavy atom. The van der Waals surface area contributed by atoms with Gasteiger partial charge in [-0.3, -0.25) is 95.9 Å². The fraction of sp³-hybridized carbons (Fsp3) is 0.778. The number of likely N-dealkylation sites (tertiary alicyclic amines) is 1. The Morgan fingerprint density at radius 1 is 0.356 bits per heavy atom. The number of carbonyl (C=O) groups is 20. The molecule has 0 aromatic carbocycles. The molecular formula is C90H163N23O21S. The number of amides is 20. The van der Waals surface area contributed by atoms with Crippen LogP contribution in [0, 0.1) is 53.3 Å². The molecule has 1 aliphatic rings. The molecule has 0 unspecified atom stereocenters. The van der Waals surface area contributed by atoms with Gasteiger partial charge in [0.25, 0.3) is 0 Å². The van der Waals surface area contributed by atoms with Crippen molar-refractivity contribution in [1.82, 2.24) is 101 Å². The zero-order valence-corrected chi connectivity index (χ0v) is 83.8. The van der Waals surface area contributed by atoms with E-state index in [1.165, 1.54) is 23.6 Å². The maximum atomic E-state index is 14.3. The van der Waals surface area contributed by atoms with Gasteiger partial charge in [0.05, 0.1) is 45.4 Å². The highest BCUT2D eigenvalue weighted by atomic mass is 32.2. The van der Waals surface area contributed by atoms with Crippen molar-refractivity contribution >= 4 is 130 Å². The number of rotatable bonds is 66. The molecule has 1 rings (SSSR count). The SMILES string of the molecule is CC[C@H](C)[C@H](N)C(=O)N[C@@H](C(=O)NCC(=O)N1CCC[C@H]1C(=O)N[C@H](C(=O)N[C@@H](CC(C)C)C(=O)NCC(=O)N[C@@H](CCSC)C(=O)N[C@H](C(=O)NCC(=O)N[C@@H](CO)C(=O)N[C@@H](C)C(=O)N[C@@H](CC(C)C)C(=O)NCC(=O)NCC(=O)N[C@@H](CC(C)C)C(=O)N[C@@H](CC(C)C)C(=O)N[C@@H](CCCCN)C(=O)N[C@@H](CCCCN)C(=O)N[C@H](C(N)=O)[C@@H](C)CC)C(C)C)C(C)C)[C@@H](C)CC. The van der Waals surface area contributed by atoms with Gasteiger partial charge < -0.3 is 129 Å². The molecule has 27 N–H and O–H groups in total. The van der Waals surface area contributed by atoms with Gasteiger partial charge in [-0.25, -0.2) is 0 Å². The lowest BCUT2D eigenvalue weighted by molar-refractivity contribution is -0.140. The first-order valence-electron chi connectivity index (χ1n) is 47.5. The average molecular weight is 1940 g/mol. The van der Waals surface area contributed by atoms with Crippen molar-refractivity contribution in [3.8, 4) is 0 Å². The van der Waals surface area contributed by atoms with Crippen LogP contribution < -0.4 is 119 Å². The maximum absolute atomic E-state index is 14.3. The average Bonchev–Trinajstić information content (AvgIpc) is 1.71. The predicted molar refractivity (Wildman–Crippen MR) is 509 cm³/mol. The Balaban J connectivity index is 3.08. The quantitative estimate of drug-likeness (QED) is 0.0261. The monoisotopic (exact) mass is 1930 g/mol. The van der Waals surface area contributed by atoms with Gasteiger partial charge >= 0.3 is 0 Å². The molecule has 770 valence electrons. The fourth-order valence-electron chi connectivity index (χ4n) is 14.4. The first-order chi connectivity index (χ1) is 63.4. The summed E-state index contributed by atoms with van der Waals surface area (Å²) in [4.78, 5) is 274. The summed E-state index contributed by atoms with van der Waals surface area (Å²) >= 11 is 1.34. The summed E-state index contributed by atoms with van der Waals surface area (Å²) in [6.07, 6.45) is 6.48. The zero-order chi connectivity index (χ0) is 103. The molecule has 0 aromatic rings. The number of nitrogens with one attached hydrogen (secondary N) is 18. The highest BCUT2D eigenvalue weighted by Gasteiger charge is 2.41. The van der Waals surface area contributed by atoms with Crippen molar-refractivity contribution in [2.45, 2.75) is 325 Å². The minimum atomic E-state index is -1.70. The van der Waals surface area contributed by atoms with E-state index in [0.717, 1.165) is 0 Å². The Kier molecular flexibility index (Phi) is 58.6. The predicted octanol–water partition coefficient (Wildman–Crippen LogP) is -3.67. The van der Waals surface area contributed by atoms with Gasteiger partial charge in [-0.2, -0.15) is 11.8 Å². The minimum Gasteiger partial charge on any atom is -0.394 e. The first kappa shape index (κ1) is 123. The van der Waals surface area contributed by atoms with Crippen molar-refractivity contribution in [3.05, 3.63) is 0 Å². The third kappa shape index (κ3) is 46.3. The van der Waals surface area contributed by atoms with Gasteiger partial charge in [0, 0.05) is 6.54 Å². The van der Waals surface area contributed by atoms with Crippen LogP contribution >= 0.6 is 11.8 Å². The summed E-state index contributed by atoms with van der Waals surface area (Å²) in [5.74, 6) is -17.9. The van der Waals surface area contributed by atoms with E-state index in [9.17, 15) is 101 Å².